The molecular weight excluding hydrogens is 361 g/mol. The van der Waals surface area contributed by atoms with Crippen LogP contribution in [0.4, 0.5) is 5.69 Å². The molecule has 0 aromatic heterocycles. The fraction of sp³-hybridized carbons (Fsp3) is 0.222. The normalized spacial score (nSPS) is 12.0. The number of carbonyl (C=O) groups excluding carboxylic acids is 1. The lowest BCUT2D eigenvalue weighted by molar-refractivity contribution is -0.121. The lowest BCUT2D eigenvalue weighted by atomic mass is 10.2. The highest BCUT2D eigenvalue weighted by Crippen LogP contribution is 2.24. The van der Waals surface area contributed by atoms with E-state index in [4.69, 9.17) is 27.9 Å². The van der Waals surface area contributed by atoms with Gasteiger partial charge in [-0.05, 0) is 30.7 Å². The Kier molecular flexibility index (Phi) is 7.10. The fourth-order valence-electron chi connectivity index (χ4n) is 2.15. The molecule has 132 valence electrons. The molecule has 0 saturated carbocycles. The highest BCUT2D eigenvalue weighted by atomic mass is 35.5. The number of carbonyl (C=O) groups is 1. The minimum absolute atomic E-state index is 0.255. The second-order valence-electron chi connectivity index (χ2n) is 5.21. The van der Waals surface area contributed by atoms with Crippen molar-refractivity contribution in [3.05, 3.63) is 58.1 Å². The van der Waals surface area contributed by atoms with Crippen LogP contribution in [0.15, 0.2) is 47.6 Å². The molecule has 2 rings (SSSR count). The van der Waals surface area contributed by atoms with Crippen LogP contribution in [-0.4, -0.2) is 25.3 Å². The highest BCUT2D eigenvalue weighted by molar-refractivity contribution is 6.36. The summed E-state index contributed by atoms with van der Waals surface area (Å²) in [7, 11) is 1.59. The van der Waals surface area contributed by atoms with E-state index in [0.29, 0.717) is 27.8 Å². The molecule has 1 atom stereocenters. The number of anilines is 1. The zero-order valence-corrected chi connectivity index (χ0v) is 15.4. The predicted octanol–water partition coefficient (Wildman–Crippen LogP) is 4.34. The number of para-hydroxylation sites is 2. The maximum Gasteiger partial charge on any atom is 0.262 e. The molecule has 0 unspecified atom stereocenters. The lowest BCUT2D eigenvalue weighted by Gasteiger charge is -2.18. The summed E-state index contributed by atoms with van der Waals surface area (Å²) in [5.41, 5.74) is 3.93. The molecule has 1 amide bonds. The third-order valence-electron chi connectivity index (χ3n) is 3.50. The van der Waals surface area contributed by atoms with Crippen molar-refractivity contribution in [1.82, 2.24) is 5.43 Å². The van der Waals surface area contributed by atoms with Gasteiger partial charge in [0.25, 0.3) is 5.91 Å². The smallest absolute Gasteiger partial charge is 0.262 e. The van der Waals surface area contributed by atoms with Crippen molar-refractivity contribution < 1.29 is 9.53 Å². The zero-order valence-electron chi connectivity index (χ0n) is 13.9. The second kappa shape index (κ2) is 9.30. The molecule has 0 aliphatic rings. The zero-order chi connectivity index (χ0) is 18.2. The number of halogens is 2. The Labute approximate surface area is 157 Å². The van der Waals surface area contributed by atoms with E-state index in [1.165, 1.54) is 6.21 Å². The number of hydrogen-bond acceptors (Lipinski definition) is 4. The van der Waals surface area contributed by atoms with Crippen LogP contribution < -0.4 is 15.5 Å². The van der Waals surface area contributed by atoms with Gasteiger partial charge in [0.1, 0.15) is 11.8 Å². The molecule has 5 nitrogen and oxygen atoms in total. The Morgan fingerprint density at radius 3 is 2.72 bits per heavy atom. The van der Waals surface area contributed by atoms with E-state index in [-0.39, 0.29) is 5.91 Å². The maximum atomic E-state index is 12.3. The van der Waals surface area contributed by atoms with Gasteiger partial charge < -0.3 is 10.1 Å². The maximum absolute atomic E-state index is 12.3. The van der Waals surface area contributed by atoms with E-state index in [2.05, 4.69) is 15.8 Å². The van der Waals surface area contributed by atoms with Gasteiger partial charge in [0, 0.05) is 10.6 Å². The Morgan fingerprint density at radius 1 is 1.28 bits per heavy atom. The van der Waals surface area contributed by atoms with Gasteiger partial charge in [0.2, 0.25) is 0 Å². The molecule has 2 aromatic carbocycles. The first kappa shape index (κ1) is 19.1. The van der Waals surface area contributed by atoms with Crippen molar-refractivity contribution in [2.45, 2.75) is 19.4 Å². The van der Waals surface area contributed by atoms with Gasteiger partial charge in [0.15, 0.2) is 0 Å². The van der Waals surface area contributed by atoms with Crippen LogP contribution >= 0.6 is 23.2 Å². The van der Waals surface area contributed by atoms with Crippen LogP contribution in [-0.2, 0) is 4.79 Å². The minimum Gasteiger partial charge on any atom is -0.495 e. The van der Waals surface area contributed by atoms with Crippen LogP contribution in [0.3, 0.4) is 0 Å². The second-order valence-corrected chi connectivity index (χ2v) is 6.05. The van der Waals surface area contributed by atoms with Gasteiger partial charge in [0.05, 0.1) is 24.0 Å². The third kappa shape index (κ3) is 5.37. The van der Waals surface area contributed by atoms with Crippen LogP contribution in [0.2, 0.25) is 10.0 Å². The summed E-state index contributed by atoms with van der Waals surface area (Å²) >= 11 is 11.9. The van der Waals surface area contributed by atoms with Crippen molar-refractivity contribution in [2.75, 3.05) is 12.4 Å². The fourth-order valence-corrected chi connectivity index (χ4v) is 2.61. The van der Waals surface area contributed by atoms with Crippen molar-refractivity contribution in [3.63, 3.8) is 0 Å². The molecule has 2 aromatic rings. The van der Waals surface area contributed by atoms with Crippen LogP contribution in [0.5, 0.6) is 5.75 Å². The number of nitrogens with zero attached hydrogens (tertiary/aromatic N) is 1. The van der Waals surface area contributed by atoms with Gasteiger partial charge in [-0.1, -0.05) is 48.3 Å². The van der Waals surface area contributed by atoms with Crippen LogP contribution in [0.25, 0.3) is 0 Å². The Balaban J connectivity index is 2.01. The monoisotopic (exact) mass is 379 g/mol. The van der Waals surface area contributed by atoms with Gasteiger partial charge in [-0.3, -0.25) is 4.79 Å². The van der Waals surface area contributed by atoms with Gasteiger partial charge in [-0.2, -0.15) is 5.10 Å². The molecule has 7 heteroatoms. The Bertz CT molecular complexity index is 766. The molecule has 0 radical (unpaired) electrons. The lowest BCUT2D eigenvalue weighted by Crippen LogP contribution is -2.37. The summed E-state index contributed by atoms with van der Waals surface area (Å²) in [6, 6.07) is 12.0. The molecule has 25 heavy (non-hydrogen) atoms. The Morgan fingerprint density at radius 2 is 2.04 bits per heavy atom. The average Bonchev–Trinajstić information content (AvgIpc) is 2.61. The number of methoxy groups -OCH3 is 1. The minimum atomic E-state index is -0.450. The van der Waals surface area contributed by atoms with Crippen molar-refractivity contribution in [3.8, 4) is 5.75 Å². The van der Waals surface area contributed by atoms with E-state index in [1.807, 2.05) is 31.2 Å². The predicted molar refractivity (Wildman–Crippen MR) is 103 cm³/mol. The number of ether oxygens (including phenoxy) is 1. The Hall–Kier alpha value is -2.24. The molecule has 0 spiro atoms. The SMILES string of the molecule is CC[C@@H](Nc1ccccc1OC)C(=O)N/N=C\c1ccc(Cl)cc1Cl. The van der Waals surface area contributed by atoms with Crippen LogP contribution in [0, 0.1) is 0 Å². The molecule has 0 bridgehead atoms. The molecular formula is C18H19Cl2N3O2. The quantitative estimate of drug-likeness (QED) is 0.555. The molecule has 0 heterocycles. The summed E-state index contributed by atoms with van der Waals surface area (Å²) in [6.45, 7) is 1.91. The summed E-state index contributed by atoms with van der Waals surface area (Å²) in [5, 5.41) is 8.13. The molecule has 0 fully saturated rings. The summed E-state index contributed by atoms with van der Waals surface area (Å²) in [6.07, 6.45) is 2.06. The van der Waals surface area contributed by atoms with E-state index in [9.17, 15) is 4.79 Å². The number of nitrogens with one attached hydrogen (secondary N) is 2. The first-order valence-corrected chi connectivity index (χ1v) is 8.48. The van der Waals surface area contributed by atoms with E-state index < -0.39 is 6.04 Å². The highest BCUT2D eigenvalue weighted by Gasteiger charge is 2.17. The van der Waals surface area contributed by atoms with Crippen molar-refractivity contribution in [1.29, 1.82) is 0 Å². The van der Waals surface area contributed by atoms with E-state index in [1.54, 1.807) is 25.3 Å². The number of rotatable bonds is 7. The van der Waals surface area contributed by atoms with Gasteiger partial charge in [-0.25, -0.2) is 5.43 Å². The molecule has 2 N–H and O–H groups in total. The van der Waals surface area contributed by atoms with E-state index in [0.717, 1.165) is 5.69 Å². The first-order valence-electron chi connectivity index (χ1n) is 7.72. The van der Waals surface area contributed by atoms with Crippen molar-refractivity contribution in [2.24, 2.45) is 5.10 Å². The number of hydrogen-bond donors (Lipinski definition) is 2. The third-order valence-corrected chi connectivity index (χ3v) is 4.06. The van der Waals surface area contributed by atoms with Crippen LogP contribution in [0.1, 0.15) is 18.9 Å². The van der Waals surface area contributed by atoms with E-state index >= 15 is 0 Å². The topological polar surface area (TPSA) is 62.7 Å². The van der Waals surface area contributed by atoms with Gasteiger partial charge >= 0.3 is 0 Å². The summed E-state index contributed by atoms with van der Waals surface area (Å²) < 4.78 is 5.28. The van der Waals surface area contributed by atoms with Gasteiger partial charge in [-0.15, -0.1) is 0 Å². The average molecular weight is 380 g/mol. The standard InChI is InChI=1S/C18H19Cl2N3O2/c1-3-15(22-16-6-4-5-7-17(16)25-2)18(24)23-21-11-12-8-9-13(19)10-14(12)20/h4-11,15,22H,3H2,1-2H3,(H,23,24)/b21-11-/t15-/m1/s1. The largest absolute Gasteiger partial charge is 0.495 e. The number of benzene rings is 2. The molecule has 0 aliphatic carbocycles. The first-order chi connectivity index (χ1) is 12.0. The number of hydrazone groups is 1. The number of amides is 1. The summed E-state index contributed by atoms with van der Waals surface area (Å²) in [5.74, 6) is 0.417. The molecule has 0 saturated heterocycles. The molecule has 0 aliphatic heterocycles. The van der Waals surface area contributed by atoms with Crippen molar-refractivity contribution >= 4 is 41.0 Å². The summed E-state index contributed by atoms with van der Waals surface area (Å²) in [4.78, 5) is 12.3.